The molecule has 0 saturated carbocycles. The van der Waals surface area contributed by atoms with E-state index in [-0.39, 0.29) is 11.5 Å². The van der Waals surface area contributed by atoms with Crippen LogP contribution in [0.15, 0.2) is 65.5 Å². The molecule has 2 heterocycles. The van der Waals surface area contributed by atoms with Crippen LogP contribution in [0.5, 0.6) is 0 Å². The monoisotopic (exact) mass is 358 g/mol. The van der Waals surface area contributed by atoms with E-state index in [1.54, 1.807) is 12.1 Å². The number of para-hydroxylation sites is 2. The topological polar surface area (TPSA) is 87.7 Å². The van der Waals surface area contributed by atoms with Gasteiger partial charge in [-0.15, -0.1) is 0 Å². The van der Waals surface area contributed by atoms with E-state index in [4.69, 9.17) is 0 Å². The van der Waals surface area contributed by atoms with Crippen LogP contribution >= 0.6 is 0 Å². The van der Waals surface area contributed by atoms with Crippen LogP contribution in [-0.2, 0) is 11.2 Å². The van der Waals surface area contributed by atoms with Crippen LogP contribution in [0, 0.1) is 0 Å². The SMILES string of the molecule is O=C(CCCc1nc2ccccc2c(=O)[nH]1)Nc1ccc2ccccc2n1. The fourth-order valence-corrected chi connectivity index (χ4v) is 3.01. The molecule has 134 valence electrons. The summed E-state index contributed by atoms with van der Waals surface area (Å²) in [6, 6.07) is 18.7. The molecule has 0 atom stereocenters. The molecule has 27 heavy (non-hydrogen) atoms. The van der Waals surface area contributed by atoms with Gasteiger partial charge in [0, 0.05) is 18.2 Å². The molecule has 2 N–H and O–H groups in total. The minimum atomic E-state index is -0.152. The molecule has 0 aliphatic rings. The summed E-state index contributed by atoms with van der Waals surface area (Å²) in [5.74, 6) is 1.02. The molecule has 4 aromatic rings. The van der Waals surface area contributed by atoms with E-state index in [1.165, 1.54) is 0 Å². The molecule has 0 aliphatic heterocycles. The number of nitrogens with zero attached hydrogens (tertiary/aromatic N) is 2. The number of nitrogens with one attached hydrogen (secondary N) is 2. The van der Waals surface area contributed by atoms with Crippen LogP contribution < -0.4 is 10.9 Å². The Balaban J connectivity index is 1.37. The second-order valence-electron chi connectivity index (χ2n) is 6.32. The largest absolute Gasteiger partial charge is 0.311 e. The minimum Gasteiger partial charge on any atom is -0.311 e. The molecule has 4 rings (SSSR count). The highest BCUT2D eigenvalue weighted by Crippen LogP contribution is 2.15. The third-order valence-electron chi connectivity index (χ3n) is 4.35. The highest BCUT2D eigenvalue weighted by atomic mass is 16.1. The lowest BCUT2D eigenvalue weighted by atomic mass is 10.2. The van der Waals surface area contributed by atoms with Crippen molar-refractivity contribution < 1.29 is 4.79 Å². The van der Waals surface area contributed by atoms with Crippen LogP contribution in [0.1, 0.15) is 18.7 Å². The lowest BCUT2D eigenvalue weighted by Crippen LogP contribution is -2.14. The van der Waals surface area contributed by atoms with E-state index in [1.807, 2.05) is 48.5 Å². The van der Waals surface area contributed by atoms with Crippen molar-refractivity contribution in [3.63, 3.8) is 0 Å². The van der Waals surface area contributed by atoms with Gasteiger partial charge in [0.25, 0.3) is 5.56 Å². The summed E-state index contributed by atoms with van der Waals surface area (Å²) >= 11 is 0. The Morgan fingerprint density at radius 3 is 2.59 bits per heavy atom. The van der Waals surface area contributed by atoms with Gasteiger partial charge in [-0.05, 0) is 36.8 Å². The number of benzene rings is 2. The summed E-state index contributed by atoms with van der Waals surface area (Å²) < 4.78 is 0. The number of anilines is 1. The van der Waals surface area contributed by atoms with Crippen molar-refractivity contribution in [2.75, 3.05) is 5.32 Å². The first kappa shape index (κ1) is 16.9. The van der Waals surface area contributed by atoms with E-state index < -0.39 is 0 Å². The summed E-state index contributed by atoms with van der Waals surface area (Å²) in [7, 11) is 0. The van der Waals surface area contributed by atoms with Crippen molar-refractivity contribution in [2.24, 2.45) is 0 Å². The maximum absolute atomic E-state index is 12.2. The summed E-state index contributed by atoms with van der Waals surface area (Å²) in [4.78, 5) is 35.9. The summed E-state index contributed by atoms with van der Waals surface area (Å²) in [5.41, 5.74) is 1.36. The third-order valence-corrected chi connectivity index (χ3v) is 4.35. The number of fused-ring (bicyclic) bond motifs is 2. The summed E-state index contributed by atoms with van der Waals surface area (Å²) in [5, 5.41) is 4.42. The smallest absolute Gasteiger partial charge is 0.258 e. The Bertz CT molecular complexity index is 1180. The first-order chi connectivity index (χ1) is 13.2. The van der Waals surface area contributed by atoms with Gasteiger partial charge in [-0.3, -0.25) is 9.59 Å². The molecule has 0 saturated heterocycles. The number of hydrogen-bond acceptors (Lipinski definition) is 4. The predicted octanol–water partition coefficient (Wildman–Crippen LogP) is 3.43. The van der Waals surface area contributed by atoms with Crippen LogP contribution in [0.2, 0.25) is 0 Å². The molecule has 0 aliphatic carbocycles. The maximum atomic E-state index is 12.2. The quantitative estimate of drug-likeness (QED) is 0.572. The third kappa shape index (κ3) is 3.84. The van der Waals surface area contributed by atoms with Crippen molar-refractivity contribution in [1.82, 2.24) is 15.0 Å². The molecule has 2 aromatic heterocycles. The van der Waals surface area contributed by atoms with E-state index in [2.05, 4.69) is 20.3 Å². The van der Waals surface area contributed by atoms with Crippen LogP contribution in [0.3, 0.4) is 0 Å². The number of H-pyrrole nitrogens is 1. The molecular formula is C21H18N4O2. The lowest BCUT2D eigenvalue weighted by molar-refractivity contribution is -0.116. The average molecular weight is 358 g/mol. The number of aryl methyl sites for hydroxylation is 1. The zero-order valence-corrected chi connectivity index (χ0v) is 14.6. The van der Waals surface area contributed by atoms with Gasteiger partial charge in [0.15, 0.2) is 0 Å². The van der Waals surface area contributed by atoms with Gasteiger partial charge >= 0.3 is 0 Å². The van der Waals surface area contributed by atoms with Crippen molar-refractivity contribution in [1.29, 1.82) is 0 Å². The van der Waals surface area contributed by atoms with Gasteiger partial charge in [0.2, 0.25) is 5.91 Å². The zero-order chi connectivity index (χ0) is 18.6. The van der Waals surface area contributed by atoms with E-state index in [0.29, 0.717) is 41.8 Å². The fourth-order valence-electron chi connectivity index (χ4n) is 3.01. The Labute approximate surface area is 155 Å². The number of aromatic nitrogens is 3. The number of carbonyl (C=O) groups is 1. The summed E-state index contributed by atoms with van der Waals surface area (Å²) in [6.07, 6.45) is 1.43. The van der Waals surface area contributed by atoms with Gasteiger partial charge in [-0.25, -0.2) is 9.97 Å². The standard InChI is InChI=1S/C21H18N4O2/c26-20(24-19-13-12-14-6-1-3-8-16(14)22-19)11-5-10-18-23-17-9-4-2-7-15(17)21(27)25-18/h1-4,6-9,12-13H,5,10-11H2,(H,22,24,26)(H,23,25,27). The lowest BCUT2D eigenvalue weighted by Gasteiger charge is -2.06. The van der Waals surface area contributed by atoms with Crippen LogP contribution in [-0.4, -0.2) is 20.9 Å². The molecule has 0 unspecified atom stereocenters. The number of rotatable bonds is 5. The number of pyridine rings is 1. The predicted molar refractivity (Wildman–Crippen MR) is 106 cm³/mol. The van der Waals surface area contributed by atoms with Gasteiger partial charge in [0.1, 0.15) is 11.6 Å². The van der Waals surface area contributed by atoms with E-state index in [0.717, 1.165) is 10.9 Å². The van der Waals surface area contributed by atoms with Crippen molar-refractivity contribution >= 4 is 33.5 Å². The Morgan fingerprint density at radius 2 is 1.70 bits per heavy atom. The van der Waals surface area contributed by atoms with Crippen molar-refractivity contribution in [3.8, 4) is 0 Å². The van der Waals surface area contributed by atoms with Crippen molar-refractivity contribution in [2.45, 2.75) is 19.3 Å². The molecular weight excluding hydrogens is 340 g/mol. The van der Waals surface area contributed by atoms with Gasteiger partial charge in [-0.1, -0.05) is 30.3 Å². The van der Waals surface area contributed by atoms with Gasteiger partial charge < -0.3 is 10.3 Å². The highest BCUT2D eigenvalue weighted by molar-refractivity contribution is 5.91. The molecule has 0 bridgehead atoms. The van der Waals surface area contributed by atoms with Crippen molar-refractivity contribution in [3.05, 3.63) is 76.8 Å². The fraction of sp³-hybridized carbons (Fsp3) is 0.143. The maximum Gasteiger partial charge on any atom is 0.258 e. The van der Waals surface area contributed by atoms with E-state index in [9.17, 15) is 9.59 Å². The van der Waals surface area contributed by atoms with Crippen LogP contribution in [0.25, 0.3) is 21.8 Å². The summed E-state index contributed by atoms with van der Waals surface area (Å²) in [6.45, 7) is 0. The Hall–Kier alpha value is -3.54. The van der Waals surface area contributed by atoms with E-state index >= 15 is 0 Å². The Morgan fingerprint density at radius 1 is 0.926 bits per heavy atom. The number of carbonyl (C=O) groups excluding carboxylic acids is 1. The van der Waals surface area contributed by atoms with Gasteiger partial charge in [-0.2, -0.15) is 0 Å². The average Bonchev–Trinajstić information content (AvgIpc) is 2.68. The first-order valence-electron chi connectivity index (χ1n) is 8.83. The zero-order valence-electron chi connectivity index (χ0n) is 14.6. The molecule has 2 aromatic carbocycles. The molecule has 0 spiro atoms. The normalized spacial score (nSPS) is 11.0. The first-order valence-corrected chi connectivity index (χ1v) is 8.83. The number of hydrogen-bond donors (Lipinski definition) is 2. The second kappa shape index (κ2) is 7.37. The molecule has 0 radical (unpaired) electrons. The number of amides is 1. The van der Waals surface area contributed by atoms with Crippen LogP contribution in [0.4, 0.5) is 5.82 Å². The second-order valence-corrected chi connectivity index (χ2v) is 6.32. The molecule has 6 nitrogen and oxygen atoms in total. The molecule has 6 heteroatoms. The Kier molecular flexibility index (Phi) is 4.61. The number of aromatic amines is 1. The highest BCUT2D eigenvalue weighted by Gasteiger charge is 2.07. The minimum absolute atomic E-state index is 0.110. The van der Waals surface area contributed by atoms with Gasteiger partial charge in [0.05, 0.1) is 16.4 Å². The molecule has 1 amide bonds. The molecule has 0 fully saturated rings.